The summed E-state index contributed by atoms with van der Waals surface area (Å²) >= 11 is 0. The van der Waals surface area contributed by atoms with Gasteiger partial charge in [-0.05, 0) is 18.9 Å². The first-order valence-corrected chi connectivity index (χ1v) is 5.30. The number of carboxylic acids is 1. The van der Waals surface area contributed by atoms with Crippen LogP contribution in [0.3, 0.4) is 0 Å². The van der Waals surface area contributed by atoms with E-state index in [0.29, 0.717) is 12.6 Å². The molecule has 1 aliphatic rings. The maximum absolute atomic E-state index is 10.8. The highest BCUT2D eigenvalue weighted by molar-refractivity contribution is 5.86. The van der Waals surface area contributed by atoms with E-state index in [1.165, 1.54) is 31.9 Å². The first-order valence-electron chi connectivity index (χ1n) is 5.30. The molecule has 15 heavy (non-hydrogen) atoms. The number of nitrogens with one attached hydrogen (secondary N) is 1. The average Bonchev–Trinajstić information content (AvgIpc) is 2.86. The topological polar surface area (TPSA) is 62.5 Å². The molecule has 0 bridgehead atoms. The van der Waals surface area contributed by atoms with Crippen molar-refractivity contribution >= 4 is 5.97 Å². The minimum atomic E-state index is -0.997. The third kappa shape index (κ3) is 2.39. The Hall–Kier alpha value is -1.29. The van der Waals surface area contributed by atoms with Gasteiger partial charge in [0.1, 0.15) is 0 Å². The zero-order chi connectivity index (χ0) is 10.7. The van der Waals surface area contributed by atoms with Crippen molar-refractivity contribution in [3.8, 4) is 0 Å². The lowest BCUT2D eigenvalue weighted by molar-refractivity contribution is 0.0660. The number of hydrogen-bond acceptors (Lipinski definition) is 3. The molecule has 1 fully saturated rings. The molecule has 1 saturated carbocycles. The Balaban J connectivity index is 1.92. The molecule has 0 saturated heterocycles. The predicted molar refractivity (Wildman–Crippen MR) is 54.8 cm³/mol. The van der Waals surface area contributed by atoms with Crippen LogP contribution in [0.25, 0.3) is 0 Å². The van der Waals surface area contributed by atoms with E-state index < -0.39 is 5.97 Å². The van der Waals surface area contributed by atoms with E-state index in [-0.39, 0.29) is 5.76 Å². The van der Waals surface area contributed by atoms with Gasteiger partial charge in [-0.3, -0.25) is 0 Å². The van der Waals surface area contributed by atoms with Crippen molar-refractivity contribution in [1.82, 2.24) is 5.32 Å². The van der Waals surface area contributed by atoms with Crippen LogP contribution in [-0.4, -0.2) is 17.1 Å². The van der Waals surface area contributed by atoms with Gasteiger partial charge < -0.3 is 14.8 Å². The first-order chi connectivity index (χ1) is 7.27. The van der Waals surface area contributed by atoms with Gasteiger partial charge in [-0.1, -0.05) is 12.8 Å². The molecule has 0 unspecified atom stereocenters. The van der Waals surface area contributed by atoms with Crippen LogP contribution in [0.2, 0.25) is 0 Å². The van der Waals surface area contributed by atoms with E-state index in [2.05, 4.69) is 5.32 Å². The van der Waals surface area contributed by atoms with Crippen molar-refractivity contribution in [2.24, 2.45) is 0 Å². The van der Waals surface area contributed by atoms with E-state index >= 15 is 0 Å². The van der Waals surface area contributed by atoms with Gasteiger partial charge in [0.05, 0.1) is 6.26 Å². The van der Waals surface area contributed by atoms with E-state index in [4.69, 9.17) is 9.52 Å². The van der Waals surface area contributed by atoms with Crippen LogP contribution >= 0.6 is 0 Å². The molecule has 1 aromatic heterocycles. The highest BCUT2D eigenvalue weighted by Gasteiger charge is 2.17. The molecular weight excluding hydrogens is 194 g/mol. The summed E-state index contributed by atoms with van der Waals surface area (Å²) in [5.41, 5.74) is 0.731. The van der Waals surface area contributed by atoms with E-state index in [9.17, 15) is 4.79 Å². The third-order valence-electron chi connectivity index (χ3n) is 2.88. The molecule has 1 heterocycles. The summed E-state index contributed by atoms with van der Waals surface area (Å²) in [6, 6.07) is 2.26. The van der Waals surface area contributed by atoms with Gasteiger partial charge >= 0.3 is 5.97 Å². The molecule has 0 amide bonds. The fourth-order valence-electron chi connectivity index (χ4n) is 2.05. The van der Waals surface area contributed by atoms with Crippen LogP contribution < -0.4 is 5.32 Å². The van der Waals surface area contributed by atoms with Crippen molar-refractivity contribution in [2.75, 3.05) is 0 Å². The van der Waals surface area contributed by atoms with Gasteiger partial charge in [-0.15, -0.1) is 0 Å². The second-order valence-electron chi connectivity index (χ2n) is 3.94. The SMILES string of the molecule is O=C(O)c1occc1CNC1CCCC1. The number of furan rings is 1. The molecule has 2 rings (SSSR count). The zero-order valence-corrected chi connectivity index (χ0v) is 8.53. The standard InChI is InChI=1S/C11H15NO3/c13-11(14)10-8(5-6-15-10)7-12-9-3-1-2-4-9/h5-6,9,12H,1-4,7H2,(H,13,14). The van der Waals surface area contributed by atoms with Crippen LogP contribution in [0.5, 0.6) is 0 Å². The minimum absolute atomic E-state index is 0.0560. The third-order valence-corrected chi connectivity index (χ3v) is 2.88. The molecule has 0 spiro atoms. The summed E-state index contributed by atoms with van der Waals surface area (Å²) in [5.74, 6) is -0.941. The van der Waals surface area contributed by atoms with Crippen LogP contribution in [0.15, 0.2) is 16.7 Å². The number of carboxylic acid groups (broad SMARTS) is 1. The van der Waals surface area contributed by atoms with Crippen molar-refractivity contribution in [2.45, 2.75) is 38.3 Å². The lowest BCUT2D eigenvalue weighted by Gasteiger charge is -2.10. The summed E-state index contributed by atoms with van der Waals surface area (Å²) in [5, 5.41) is 12.2. The summed E-state index contributed by atoms with van der Waals surface area (Å²) in [6.07, 6.45) is 6.36. The Bertz CT molecular complexity index is 339. The Morgan fingerprint density at radius 1 is 1.53 bits per heavy atom. The van der Waals surface area contributed by atoms with Crippen LogP contribution in [0.4, 0.5) is 0 Å². The fraction of sp³-hybridized carbons (Fsp3) is 0.545. The molecule has 82 valence electrons. The second kappa shape index (κ2) is 4.49. The largest absolute Gasteiger partial charge is 0.475 e. The molecule has 0 radical (unpaired) electrons. The number of rotatable bonds is 4. The molecule has 0 aliphatic heterocycles. The second-order valence-corrected chi connectivity index (χ2v) is 3.94. The molecule has 4 nitrogen and oxygen atoms in total. The van der Waals surface area contributed by atoms with Crippen molar-refractivity contribution in [3.63, 3.8) is 0 Å². The smallest absolute Gasteiger partial charge is 0.372 e. The number of carbonyl (C=O) groups is 1. The van der Waals surface area contributed by atoms with Crippen LogP contribution in [-0.2, 0) is 6.54 Å². The normalized spacial score (nSPS) is 17.1. The van der Waals surface area contributed by atoms with Gasteiger partial charge in [-0.25, -0.2) is 4.79 Å². The lowest BCUT2D eigenvalue weighted by Crippen LogP contribution is -2.25. The van der Waals surface area contributed by atoms with Crippen LogP contribution in [0.1, 0.15) is 41.8 Å². The summed E-state index contributed by atoms with van der Waals surface area (Å²) in [6.45, 7) is 0.586. The lowest BCUT2D eigenvalue weighted by atomic mass is 10.2. The van der Waals surface area contributed by atoms with Crippen molar-refractivity contribution < 1.29 is 14.3 Å². The van der Waals surface area contributed by atoms with Gasteiger partial charge in [0.25, 0.3) is 0 Å². The minimum Gasteiger partial charge on any atom is -0.475 e. The molecular formula is C11H15NO3. The Kier molecular flexibility index (Phi) is 3.06. The van der Waals surface area contributed by atoms with Gasteiger partial charge in [0.15, 0.2) is 0 Å². The number of aromatic carboxylic acids is 1. The summed E-state index contributed by atoms with van der Waals surface area (Å²) in [7, 11) is 0. The Morgan fingerprint density at radius 2 is 2.27 bits per heavy atom. The fourth-order valence-corrected chi connectivity index (χ4v) is 2.05. The van der Waals surface area contributed by atoms with E-state index in [1.54, 1.807) is 6.07 Å². The molecule has 2 N–H and O–H groups in total. The maximum atomic E-state index is 10.8. The Morgan fingerprint density at radius 3 is 2.93 bits per heavy atom. The number of hydrogen-bond donors (Lipinski definition) is 2. The quantitative estimate of drug-likeness (QED) is 0.796. The van der Waals surface area contributed by atoms with Crippen LogP contribution in [0, 0.1) is 0 Å². The maximum Gasteiger partial charge on any atom is 0.372 e. The van der Waals surface area contributed by atoms with Gasteiger partial charge in [0.2, 0.25) is 5.76 Å². The summed E-state index contributed by atoms with van der Waals surface area (Å²) in [4.78, 5) is 10.8. The van der Waals surface area contributed by atoms with Gasteiger partial charge in [-0.2, -0.15) is 0 Å². The molecule has 1 aromatic rings. The first kappa shape index (κ1) is 10.2. The molecule has 0 atom stereocenters. The highest BCUT2D eigenvalue weighted by atomic mass is 16.4. The monoisotopic (exact) mass is 209 g/mol. The molecule has 0 aromatic carbocycles. The van der Waals surface area contributed by atoms with Crippen molar-refractivity contribution in [1.29, 1.82) is 0 Å². The van der Waals surface area contributed by atoms with E-state index in [0.717, 1.165) is 5.56 Å². The van der Waals surface area contributed by atoms with E-state index in [1.807, 2.05) is 0 Å². The predicted octanol–water partition coefficient (Wildman–Crippen LogP) is 2.01. The van der Waals surface area contributed by atoms with Crippen molar-refractivity contribution in [3.05, 3.63) is 23.7 Å². The zero-order valence-electron chi connectivity index (χ0n) is 8.53. The summed E-state index contributed by atoms with van der Waals surface area (Å²) < 4.78 is 4.90. The molecule has 1 aliphatic carbocycles. The Labute approximate surface area is 88.3 Å². The highest BCUT2D eigenvalue weighted by Crippen LogP contribution is 2.19. The molecule has 4 heteroatoms. The van der Waals surface area contributed by atoms with Gasteiger partial charge in [0, 0.05) is 18.2 Å². The average molecular weight is 209 g/mol.